The van der Waals surface area contributed by atoms with Gasteiger partial charge >= 0.3 is 5.97 Å². The molecule has 0 amide bonds. The van der Waals surface area contributed by atoms with Crippen molar-refractivity contribution in [1.29, 1.82) is 0 Å². The van der Waals surface area contributed by atoms with Crippen molar-refractivity contribution in [2.45, 2.75) is 20.1 Å². The summed E-state index contributed by atoms with van der Waals surface area (Å²) in [4.78, 5) is 15.6. The van der Waals surface area contributed by atoms with Crippen molar-refractivity contribution in [3.8, 4) is 0 Å². The Kier molecular flexibility index (Phi) is 4.06. The third kappa shape index (κ3) is 3.41. The van der Waals surface area contributed by atoms with Crippen LogP contribution < -0.4 is 0 Å². The van der Waals surface area contributed by atoms with E-state index in [1.54, 1.807) is 11.0 Å². The number of aromatic nitrogens is 3. The van der Waals surface area contributed by atoms with Gasteiger partial charge in [0.2, 0.25) is 0 Å². The maximum absolute atomic E-state index is 11.8. The number of ether oxygens (including phenoxy) is 1. The van der Waals surface area contributed by atoms with Crippen LogP contribution in [0.3, 0.4) is 0 Å². The number of nitrogens with zero attached hydrogens (tertiary/aromatic N) is 3. The molecule has 0 saturated carbocycles. The maximum atomic E-state index is 11.8. The molecular weight excluding hydrogens is 230 g/mol. The van der Waals surface area contributed by atoms with Crippen LogP contribution in [0, 0.1) is 5.92 Å². The molecule has 1 aromatic carbocycles. The first-order valence-corrected chi connectivity index (χ1v) is 5.78. The Hall–Kier alpha value is -2.17. The quantitative estimate of drug-likeness (QED) is 0.752. The van der Waals surface area contributed by atoms with Crippen LogP contribution in [0.2, 0.25) is 0 Å². The van der Waals surface area contributed by atoms with E-state index in [1.807, 2.05) is 37.3 Å². The zero-order valence-corrected chi connectivity index (χ0v) is 10.2. The first-order chi connectivity index (χ1) is 8.75. The van der Waals surface area contributed by atoms with Gasteiger partial charge in [0, 0.05) is 0 Å². The first kappa shape index (κ1) is 12.3. The summed E-state index contributed by atoms with van der Waals surface area (Å²) < 4.78 is 6.86. The van der Waals surface area contributed by atoms with Crippen molar-refractivity contribution in [3.05, 3.63) is 48.5 Å². The van der Waals surface area contributed by atoms with Gasteiger partial charge in [-0.2, -0.15) is 5.10 Å². The molecule has 0 bridgehead atoms. The van der Waals surface area contributed by atoms with Crippen molar-refractivity contribution in [2.24, 2.45) is 5.92 Å². The number of carbonyl (C=O) groups excluding carboxylic acids is 1. The van der Waals surface area contributed by atoms with Crippen molar-refractivity contribution in [2.75, 3.05) is 0 Å². The van der Waals surface area contributed by atoms with Gasteiger partial charge in [0.25, 0.3) is 0 Å². The Morgan fingerprint density at radius 2 is 2.17 bits per heavy atom. The molecule has 0 N–H and O–H groups in total. The van der Waals surface area contributed by atoms with Gasteiger partial charge in [-0.3, -0.25) is 9.48 Å². The highest BCUT2D eigenvalue weighted by Crippen LogP contribution is 2.06. The number of benzene rings is 1. The molecule has 0 fully saturated rings. The molecule has 0 aliphatic rings. The van der Waals surface area contributed by atoms with E-state index in [9.17, 15) is 4.79 Å². The van der Waals surface area contributed by atoms with E-state index in [1.165, 1.54) is 6.33 Å². The molecule has 5 heteroatoms. The van der Waals surface area contributed by atoms with Gasteiger partial charge in [-0.15, -0.1) is 0 Å². The highest BCUT2D eigenvalue weighted by Gasteiger charge is 2.15. The topological polar surface area (TPSA) is 57.0 Å². The second-order valence-corrected chi connectivity index (χ2v) is 4.11. The number of carbonyl (C=O) groups is 1. The summed E-state index contributed by atoms with van der Waals surface area (Å²) in [5, 5.41) is 3.95. The standard InChI is InChI=1S/C13H15N3O2/c1-11(7-16-10-14-9-15-16)13(17)18-8-12-5-3-2-4-6-12/h2-6,9-11H,7-8H2,1H3. The van der Waals surface area contributed by atoms with Gasteiger partial charge in [0.1, 0.15) is 19.3 Å². The summed E-state index contributed by atoms with van der Waals surface area (Å²) in [7, 11) is 0. The monoisotopic (exact) mass is 245 g/mol. The molecule has 1 atom stereocenters. The summed E-state index contributed by atoms with van der Waals surface area (Å²) >= 11 is 0. The lowest BCUT2D eigenvalue weighted by Gasteiger charge is -2.11. The minimum Gasteiger partial charge on any atom is -0.461 e. The van der Waals surface area contributed by atoms with Gasteiger partial charge in [0.05, 0.1) is 12.5 Å². The fraction of sp³-hybridized carbons (Fsp3) is 0.308. The predicted molar refractivity (Wildman–Crippen MR) is 65.4 cm³/mol. The Morgan fingerprint density at radius 1 is 1.39 bits per heavy atom. The van der Waals surface area contributed by atoms with Gasteiger partial charge < -0.3 is 4.74 Å². The van der Waals surface area contributed by atoms with E-state index in [0.717, 1.165) is 5.56 Å². The molecule has 5 nitrogen and oxygen atoms in total. The molecule has 1 unspecified atom stereocenters. The van der Waals surface area contributed by atoms with Crippen molar-refractivity contribution < 1.29 is 9.53 Å². The summed E-state index contributed by atoms with van der Waals surface area (Å²) in [6.45, 7) is 2.60. The van der Waals surface area contributed by atoms with Crippen molar-refractivity contribution in [1.82, 2.24) is 14.8 Å². The largest absolute Gasteiger partial charge is 0.461 e. The molecular formula is C13H15N3O2. The minimum absolute atomic E-state index is 0.227. The lowest BCUT2D eigenvalue weighted by molar-refractivity contribution is -0.149. The van der Waals surface area contributed by atoms with Crippen LogP contribution in [-0.4, -0.2) is 20.7 Å². The second-order valence-electron chi connectivity index (χ2n) is 4.11. The third-order valence-electron chi connectivity index (χ3n) is 2.55. The van der Waals surface area contributed by atoms with E-state index >= 15 is 0 Å². The van der Waals surface area contributed by atoms with E-state index in [2.05, 4.69) is 10.1 Å². The SMILES string of the molecule is CC(Cn1cncn1)C(=O)OCc1ccccc1. The molecule has 2 aromatic rings. The molecule has 18 heavy (non-hydrogen) atoms. The lowest BCUT2D eigenvalue weighted by Crippen LogP contribution is -2.20. The average Bonchev–Trinajstić information content (AvgIpc) is 2.90. The molecule has 0 aliphatic carbocycles. The molecule has 2 rings (SSSR count). The van der Waals surface area contributed by atoms with Crippen LogP contribution in [0.4, 0.5) is 0 Å². The fourth-order valence-corrected chi connectivity index (χ4v) is 1.55. The predicted octanol–water partition coefficient (Wildman–Crippen LogP) is 1.66. The molecule has 0 aliphatic heterocycles. The molecule has 0 spiro atoms. The third-order valence-corrected chi connectivity index (χ3v) is 2.55. The van der Waals surface area contributed by atoms with Crippen LogP contribution in [0.5, 0.6) is 0 Å². The van der Waals surface area contributed by atoms with E-state index in [4.69, 9.17) is 4.74 Å². The number of hydrogen-bond acceptors (Lipinski definition) is 4. The maximum Gasteiger partial charge on any atom is 0.310 e. The van der Waals surface area contributed by atoms with E-state index in [-0.39, 0.29) is 11.9 Å². The average molecular weight is 245 g/mol. The van der Waals surface area contributed by atoms with Crippen LogP contribution in [0.15, 0.2) is 43.0 Å². The number of rotatable bonds is 5. The molecule has 1 aromatic heterocycles. The van der Waals surface area contributed by atoms with Crippen LogP contribution in [0.25, 0.3) is 0 Å². The van der Waals surface area contributed by atoms with Crippen molar-refractivity contribution in [3.63, 3.8) is 0 Å². The highest BCUT2D eigenvalue weighted by atomic mass is 16.5. The minimum atomic E-state index is -0.240. The fourth-order valence-electron chi connectivity index (χ4n) is 1.55. The second kappa shape index (κ2) is 5.95. The Morgan fingerprint density at radius 3 is 2.83 bits per heavy atom. The van der Waals surface area contributed by atoms with Gasteiger partial charge in [0.15, 0.2) is 0 Å². The summed E-state index contributed by atoms with van der Waals surface area (Å²) in [5.74, 6) is -0.468. The lowest BCUT2D eigenvalue weighted by atomic mass is 10.2. The Labute approximate surface area is 105 Å². The number of hydrogen-bond donors (Lipinski definition) is 0. The van der Waals surface area contributed by atoms with E-state index in [0.29, 0.717) is 13.2 Å². The first-order valence-electron chi connectivity index (χ1n) is 5.78. The molecule has 0 radical (unpaired) electrons. The van der Waals surface area contributed by atoms with Crippen LogP contribution >= 0.6 is 0 Å². The van der Waals surface area contributed by atoms with Gasteiger partial charge in [-0.05, 0) is 5.56 Å². The number of esters is 1. The summed E-state index contributed by atoms with van der Waals surface area (Å²) in [5.41, 5.74) is 0.985. The van der Waals surface area contributed by atoms with E-state index < -0.39 is 0 Å². The summed E-state index contributed by atoms with van der Waals surface area (Å²) in [6.07, 6.45) is 3.03. The molecule has 1 heterocycles. The van der Waals surface area contributed by atoms with Crippen LogP contribution in [0.1, 0.15) is 12.5 Å². The smallest absolute Gasteiger partial charge is 0.310 e. The molecule has 94 valence electrons. The zero-order valence-electron chi connectivity index (χ0n) is 10.2. The molecule has 0 saturated heterocycles. The Bertz CT molecular complexity index is 482. The van der Waals surface area contributed by atoms with Crippen LogP contribution in [-0.2, 0) is 22.7 Å². The summed E-state index contributed by atoms with van der Waals surface area (Å²) in [6, 6.07) is 9.62. The van der Waals surface area contributed by atoms with Gasteiger partial charge in [-0.25, -0.2) is 4.98 Å². The normalized spacial score (nSPS) is 12.1. The van der Waals surface area contributed by atoms with Crippen molar-refractivity contribution >= 4 is 5.97 Å². The highest BCUT2D eigenvalue weighted by molar-refractivity contribution is 5.71. The van der Waals surface area contributed by atoms with Gasteiger partial charge in [-0.1, -0.05) is 37.3 Å². The Balaban J connectivity index is 1.81. The zero-order chi connectivity index (χ0) is 12.8.